The van der Waals surface area contributed by atoms with Crippen molar-refractivity contribution in [3.63, 3.8) is 0 Å². The summed E-state index contributed by atoms with van der Waals surface area (Å²) in [5, 5.41) is 0. The number of rotatable bonds is 5. The molecule has 2 fully saturated rings. The molecule has 0 saturated carbocycles. The fraction of sp³-hybridized carbons (Fsp3) is 0.767. The van der Waals surface area contributed by atoms with Gasteiger partial charge in [0.15, 0.2) is 0 Å². The van der Waals surface area contributed by atoms with E-state index in [2.05, 4.69) is 47.9 Å². The number of likely N-dealkylation sites (tertiary alicyclic amines) is 1. The summed E-state index contributed by atoms with van der Waals surface area (Å²) >= 11 is 0. The van der Waals surface area contributed by atoms with Crippen molar-refractivity contribution in [2.75, 3.05) is 58.7 Å². The number of aryl methyl sites for hydroxylation is 1. The number of amides is 1. The van der Waals surface area contributed by atoms with Gasteiger partial charge in [-0.05, 0) is 73.8 Å². The summed E-state index contributed by atoms with van der Waals surface area (Å²) in [7, 11) is -3.13. The summed E-state index contributed by atoms with van der Waals surface area (Å²) in [6, 6.07) is 8.50. The highest BCUT2D eigenvalue weighted by Crippen LogP contribution is 2.39. The molecule has 214 valence electrons. The zero-order valence-electron chi connectivity index (χ0n) is 23.9. The van der Waals surface area contributed by atoms with E-state index >= 15 is 0 Å². The van der Waals surface area contributed by atoms with E-state index in [9.17, 15) is 13.2 Å². The van der Waals surface area contributed by atoms with Gasteiger partial charge in [-0.2, -0.15) is 0 Å². The molecule has 1 aromatic carbocycles. The molecule has 7 nitrogen and oxygen atoms in total. The van der Waals surface area contributed by atoms with Crippen LogP contribution in [0.25, 0.3) is 0 Å². The lowest BCUT2D eigenvalue weighted by molar-refractivity contribution is -0.135. The Bertz CT molecular complexity index is 1010. The molecule has 0 N–H and O–H groups in total. The molecular weight excluding hydrogens is 498 g/mol. The molecule has 0 atom stereocenters. The summed E-state index contributed by atoms with van der Waals surface area (Å²) in [5.41, 5.74) is 1.57. The summed E-state index contributed by atoms with van der Waals surface area (Å²) in [6.45, 7) is 11.2. The molecule has 0 radical (unpaired) electrons. The van der Waals surface area contributed by atoms with Crippen molar-refractivity contribution in [1.82, 2.24) is 14.1 Å². The van der Waals surface area contributed by atoms with Gasteiger partial charge in [0.1, 0.15) is 12.4 Å². The van der Waals surface area contributed by atoms with Gasteiger partial charge < -0.3 is 9.64 Å². The van der Waals surface area contributed by atoms with Crippen LogP contribution in [-0.2, 0) is 21.2 Å². The molecule has 0 aliphatic carbocycles. The maximum absolute atomic E-state index is 13.2. The number of carbonyl (C=O) groups is 1. The number of fused-ring (bicyclic) bond motifs is 1. The smallest absolute Gasteiger partial charge is 0.222 e. The van der Waals surface area contributed by atoms with Crippen LogP contribution in [0.15, 0.2) is 24.3 Å². The molecule has 0 bridgehead atoms. The second-order valence-corrected chi connectivity index (χ2v) is 14.5. The first-order chi connectivity index (χ1) is 18.1. The third kappa shape index (κ3) is 8.18. The minimum Gasteiger partial charge on any atom is -0.492 e. The van der Waals surface area contributed by atoms with E-state index in [-0.39, 0.29) is 11.3 Å². The lowest BCUT2D eigenvalue weighted by Crippen LogP contribution is -2.49. The zero-order valence-corrected chi connectivity index (χ0v) is 24.7. The van der Waals surface area contributed by atoms with E-state index in [1.54, 1.807) is 4.31 Å². The first kappa shape index (κ1) is 29.3. The van der Waals surface area contributed by atoms with E-state index < -0.39 is 10.0 Å². The van der Waals surface area contributed by atoms with Gasteiger partial charge >= 0.3 is 0 Å². The Labute approximate surface area is 230 Å². The Morgan fingerprint density at radius 1 is 1.03 bits per heavy atom. The van der Waals surface area contributed by atoms with Crippen molar-refractivity contribution >= 4 is 15.9 Å². The number of carbonyl (C=O) groups excluding carboxylic acids is 1. The minimum absolute atomic E-state index is 0.255. The van der Waals surface area contributed by atoms with Gasteiger partial charge in [-0.25, -0.2) is 12.7 Å². The van der Waals surface area contributed by atoms with Crippen molar-refractivity contribution < 1.29 is 17.9 Å². The summed E-state index contributed by atoms with van der Waals surface area (Å²) in [4.78, 5) is 17.9. The molecular formula is C30H49N3O4S. The highest BCUT2D eigenvalue weighted by molar-refractivity contribution is 7.88. The fourth-order valence-electron chi connectivity index (χ4n) is 6.72. The van der Waals surface area contributed by atoms with Gasteiger partial charge in [0.2, 0.25) is 15.9 Å². The van der Waals surface area contributed by atoms with Gasteiger partial charge in [0, 0.05) is 52.2 Å². The number of benzene rings is 1. The molecule has 0 aromatic heterocycles. The van der Waals surface area contributed by atoms with E-state index in [0.717, 1.165) is 70.6 Å². The van der Waals surface area contributed by atoms with Gasteiger partial charge in [-0.15, -0.1) is 0 Å². The molecule has 4 rings (SSSR count). The van der Waals surface area contributed by atoms with Crippen molar-refractivity contribution in [2.24, 2.45) is 17.3 Å². The van der Waals surface area contributed by atoms with Gasteiger partial charge in [0.05, 0.1) is 6.26 Å². The number of sulfonamides is 1. The quantitative estimate of drug-likeness (QED) is 0.546. The number of piperidine rings is 2. The number of hydrogen-bond donors (Lipinski definition) is 0. The Balaban J connectivity index is 1.35. The van der Waals surface area contributed by atoms with Crippen molar-refractivity contribution in [1.29, 1.82) is 0 Å². The third-order valence-corrected chi connectivity index (χ3v) is 10.2. The van der Waals surface area contributed by atoms with Gasteiger partial charge in [0.25, 0.3) is 0 Å². The number of ether oxygens (including phenoxy) is 1. The number of para-hydroxylation sites is 1. The van der Waals surface area contributed by atoms with Crippen LogP contribution in [0.3, 0.4) is 0 Å². The average Bonchev–Trinajstić information content (AvgIpc) is 2.86. The highest BCUT2D eigenvalue weighted by atomic mass is 32.2. The fourth-order valence-corrected chi connectivity index (χ4v) is 7.59. The second kappa shape index (κ2) is 13.1. The lowest BCUT2D eigenvalue weighted by atomic mass is 9.73. The van der Waals surface area contributed by atoms with Crippen LogP contribution in [-0.4, -0.2) is 87.1 Å². The van der Waals surface area contributed by atoms with Crippen molar-refractivity contribution in [3.05, 3.63) is 29.8 Å². The summed E-state index contributed by atoms with van der Waals surface area (Å²) in [5.74, 6) is 2.20. The monoisotopic (exact) mass is 547 g/mol. The van der Waals surface area contributed by atoms with Crippen LogP contribution < -0.4 is 4.74 Å². The standard InChI is InChI=1S/C30H49N3O4S/c1-25(2)23-31-20-21-37-28-10-5-4-8-27(28)9-6-7-13-30(24-31)14-18-32(19-15-30)29(34)22-26-11-16-33(17-12-26)38(3,35)36/h4-5,8,10,25-26H,6-7,9,11-24H2,1-3H3. The largest absolute Gasteiger partial charge is 0.492 e. The number of hydrogen-bond acceptors (Lipinski definition) is 5. The number of nitrogens with zero attached hydrogens (tertiary/aromatic N) is 3. The van der Waals surface area contributed by atoms with Crippen molar-refractivity contribution in [3.8, 4) is 5.75 Å². The molecule has 1 amide bonds. The molecule has 3 aliphatic heterocycles. The predicted molar refractivity (Wildman–Crippen MR) is 153 cm³/mol. The third-order valence-electron chi connectivity index (χ3n) is 8.91. The van der Waals surface area contributed by atoms with Crippen LogP contribution in [0.2, 0.25) is 0 Å². The Morgan fingerprint density at radius 3 is 2.42 bits per heavy atom. The topological polar surface area (TPSA) is 70.2 Å². The van der Waals surface area contributed by atoms with E-state index in [1.807, 2.05) is 0 Å². The van der Waals surface area contributed by atoms with E-state index in [4.69, 9.17) is 4.74 Å². The normalized spacial score (nSPS) is 22.9. The van der Waals surface area contributed by atoms with Gasteiger partial charge in [-0.3, -0.25) is 9.69 Å². The summed E-state index contributed by atoms with van der Waals surface area (Å²) < 4.78 is 31.4. The first-order valence-corrected chi connectivity index (χ1v) is 16.6. The minimum atomic E-state index is -3.13. The molecule has 3 heterocycles. The van der Waals surface area contributed by atoms with Gasteiger partial charge in [-0.1, -0.05) is 38.5 Å². The molecule has 8 heteroatoms. The molecule has 2 saturated heterocycles. The molecule has 1 aromatic rings. The molecule has 3 aliphatic rings. The zero-order chi connectivity index (χ0) is 27.2. The Kier molecular flexibility index (Phi) is 10.1. The van der Waals surface area contributed by atoms with Crippen LogP contribution in [0, 0.1) is 17.3 Å². The van der Waals surface area contributed by atoms with Crippen molar-refractivity contribution in [2.45, 2.75) is 71.6 Å². The maximum atomic E-state index is 13.2. The van der Waals surface area contributed by atoms with Crippen LogP contribution in [0.4, 0.5) is 0 Å². The van der Waals surface area contributed by atoms with Crippen LogP contribution >= 0.6 is 0 Å². The van der Waals surface area contributed by atoms with E-state index in [0.29, 0.717) is 38.0 Å². The average molecular weight is 548 g/mol. The molecule has 38 heavy (non-hydrogen) atoms. The van der Waals surface area contributed by atoms with E-state index in [1.165, 1.54) is 31.1 Å². The summed E-state index contributed by atoms with van der Waals surface area (Å²) in [6.07, 6.45) is 10.2. The Morgan fingerprint density at radius 2 is 1.74 bits per heavy atom. The lowest BCUT2D eigenvalue weighted by Gasteiger charge is -2.45. The first-order valence-electron chi connectivity index (χ1n) is 14.8. The van der Waals surface area contributed by atoms with Crippen LogP contribution in [0.5, 0.6) is 5.75 Å². The SMILES string of the molecule is CC(C)CN1CCOc2ccccc2CCCCC2(CCN(C(=O)CC3CCN(S(C)(=O)=O)CC3)CC2)C1. The Hall–Kier alpha value is -1.64. The predicted octanol–water partition coefficient (Wildman–Crippen LogP) is 4.42. The van der Waals surface area contributed by atoms with Crippen LogP contribution in [0.1, 0.15) is 70.8 Å². The second-order valence-electron chi connectivity index (χ2n) is 12.5. The highest BCUT2D eigenvalue weighted by Gasteiger charge is 2.38. The molecule has 1 spiro atoms. The maximum Gasteiger partial charge on any atom is 0.222 e. The molecule has 0 unspecified atom stereocenters.